The zero-order valence-electron chi connectivity index (χ0n) is 18.5. The summed E-state index contributed by atoms with van der Waals surface area (Å²) in [5.74, 6) is -2.20. The average molecular weight is 496 g/mol. The number of benzene rings is 2. The van der Waals surface area contributed by atoms with E-state index in [1.807, 2.05) is 0 Å². The van der Waals surface area contributed by atoms with Gasteiger partial charge in [0.1, 0.15) is 0 Å². The van der Waals surface area contributed by atoms with E-state index in [1.165, 1.54) is 53.4 Å². The van der Waals surface area contributed by atoms with Crippen LogP contribution in [0.4, 0.5) is 5.69 Å². The van der Waals surface area contributed by atoms with Crippen LogP contribution in [0.25, 0.3) is 0 Å². The molecule has 0 unspecified atom stereocenters. The number of hydrogen-bond donors (Lipinski definition) is 2. The number of carbonyl (C=O) groups excluding carboxylic acids is 5. The second kappa shape index (κ2) is 9.14. The van der Waals surface area contributed by atoms with Crippen LogP contribution in [0, 0.1) is 23.7 Å². The fourth-order valence-electron chi connectivity index (χ4n) is 5.46. The number of hydrazine groups is 1. The first-order valence-electron chi connectivity index (χ1n) is 11.3. The number of carbonyl (C=O) groups is 5. The Morgan fingerprint density at radius 3 is 2.03 bits per heavy atom. The van der Waals surface area contributed by atoms with Gasteiger partial charge in [-0.2, -0.15) is 0 Å². The standard InChI is InChI=1S/C25H22ClN3O6/c26-17-7-3-13(4-8-17)22(31)28-27-19(30)12-35-25(34)14-5-9-18(10-6-14)29-23(32)20-15-1-2-16(11-15)21(20)24(29)33/h3-10,15-16,20-21H,1-2,11-12H2,(H,27,30)(H,28,31)/t15-,16-,20-,21-/m0/s1. The number of amides is 4. The van der Waals surface area contributed by atoms with Crippen LogP contribution in [0.15, 0.2) is 48.5 Å². The minimum atomic E-state index is -0.760. The molecule has 1 saturated heterocycles. The Balaban J connectivity index is 1.13. The van der Waals surface area contributed by atoms with Gasteiger partial charge in [-0.25, -0.2) is 4.79 Å². The first-order valence-corrected chi connectivity index (χ1v) is 11.7. The van der Waals surface area contributed by atoms with Crippen LogP contribution in [0.3, 0.4) is 0 Å². The van der Waals surface area contributed by atoms with Crippen molar-refractivity contribution in [2.45, 2.75) is 19.3 Å². The van der Waals surface area contributed by atoms with E-state index in [1.54, 1.807) is 0 Å². The van der Waals surface area contributed by atoms with Crippen molar-refractivity contribution >= 4 is 46.9 Å². The van der Waals surface area contributed by atoms with Gasteiger partial charge in [0.05, 0.1) is 23.1 Å². The quantitative estimate of drug-likeness (QED) is 0.373. The number of rotatable bonds is 5. The Hall–Kier alpha value is -3.72. The van der Waals surface area contributed by atoms with E-state index in [0.29, 0.717) is 22.5 Å². The molecule has 2 aromatic rings. The summed E-state index contributed by atoms with van der Waals surface area (Å²) in [6.45, 7) is -0.614. The van der Waals surface area contributed by atoms with Crippen molar-refractivity contribution in [3.05, 3.63) is 64.7 Å². The maximum atomic E-state index is 12.9. The van der Waals surface area contributed by atoms with E-state index in [0.717, 1.165) is 19.3 Å². The van der Waals surface area contributed by atoms with Gasteiger partial charge >= 0.3 is 5.97 Å². The number of nitrogens with one attached hydrogen (secondary N) is 2. The lowest BCUT2D eigenvalue weighted by Gasteiger charge is -2.19. The van der Waals surface area contributed by atoms with Crippen LogP contribution in [-0.2, 0) is 19.1 Å². The van der Waals surface area contributed by atoms with Crippen LogP contribution in [0.2, 0.25) is 5.02 Å². The highest BCUT2D eigenvalue weighted by atomic mass is 35.5. The van der Waals surface area contributed by atoms with E-state index in [2.05, 4.69) is 10.9 Å². The fraction of sp³-hybridized carbons (Fsp3) is 0.320. The first-order chi connectivity index (χ1) is 16.8. The Bertz CT molecular complexity index is 1180. The number of anilines is 1. The maximum Gasteiger partial charge on any atom is 0.338 e. The van der Waals surface area contributed by atoms with Crippen LogP contribution >= 0.6 is 11.6 Å². The zero-order chi connectivity index (χ0) is 24.7. The normalized spacial score (nSPS) is 24.3. The van der Waals surface area contributed by atoms with E-state index in [-0.39, 0.29) is 34.8 Å². The van der Waals surface area contributed by atoms with Gasteiger partial charge in [0.15, 0.2) is 6.61 Å². The number of nitrogens with zero attached hydrogens (tertiary/aromatic N) is 1. The Kier molecular flexibility index (Phi) is 6.02. The third kappa shape index (κ3) is 4.27. The second-order valence-electron chi connectivity index (χ2n) is 9.03. The van der Waals surface area contributed by atoms with Crippen molar-refractivity contribution in [3.8, 4) is 0 Å². The van der Waals surface area contributed by atoms with Gasteiger partial charge in [0, 0.05) is 10.6 Å². The van der Waals surface area contributed by atoms with E-state index >= 15 is 0 Å². The molecule has 5 rings (SSSR count). The van der Waals surface area contributed by atoms with Gasteiger partial charge in [-0.1, -0.05) is 11.6 Å². The molecule has 0 spiro atoms. The minimum Gasteiger partial charge on any atom is -0.452 e. The van der Waals surface area contributed by atoms with Gasteiger partial charge in [-0.05, 0) is 79.6 Å². The predicted molar refractivity (Wildman–Crippen MR) is 124 cm³/mol. The van der Waals surface area contributed by atoms with Crippen LogP contribution in [0.1, 0.15) is 40.0 Å². The summed E-state index contributed by atoms with van der Waals surface area (Å²) in [6.07, 6.45) is 2.97. The highest BCUT2D eigenvalue weighted by molar-refractivity contribution is 6.30. The molecule has 2 aliphatic carbocycles. The second-order valence-corrected chi connectivity index (χ2v) is 9.47. The first kappa shape index (κ1) is 23.0. The molecule has 4 atom stereocenters. The summed E-state index contributed by atoms with van der Waals surface area (Å²) in [4.78, 5) is 63.3. The highest BCUT2D eigenvalue weighted by Gasteiger charge is 2.61. The van der Waals surface area contributed by atoms with Crippen LogP contribution in [0.5, 0.6) is 0 Å². The zero-order valence-corrected chi connectivity index (χ0v) is 19.3. The van der Waals surface area contributed by atoms with Crippen molar-refractivity contribution in [1.82, 2.24) is 10.9 Å². The average Bonchev–Trinajstić information content (AvgIpc) is 3.55. The highest BCUT2D eigenvalue weighted by Crippen LogP contribution is 2.56. The lowest BCUT2D eigenvalue weighted by atomic mass is 9.81. The molecule has 2 aromatic carbocycles. The van der Waals surface area contributed by atoms with Gasteiger partial charge in [-0.3, -0.25) is 34.9 Å². The lowest BCUT2D eigenvalue weighted by Crippen LogP contribution is -2.43. The number of halogens is 1. The van der Waals surface area contributed by atoms with Crippen molar-refractivity contribution < 1.29 is 28.7 Å². The van der Waals surface area contributed by atoms with Gasteiger partial charge in [-0.15, -0.1) is 0 Å². The summed E-state index contributed by atoms with van der Waals surface area (Å²) in [5, 5.41) is 0.471. The molecule has 1 heterocycles. The number of esters is 1. The molecule has 4 amide bonds. The molecule has 180 valence electrons. The molecular formula is C25H22ClN3O6. The largest absolute Gasteiger partial charge is 0.452 e. The molecule has 2 bridgehead atoms. The molecule has 2 N–H and O–H groups in total. The SMILES string of the molecule is O=C(COC(=O)c1ccc(N2C(=O)[C@H]3[C@H]4CC[C@@H](C4)[C@@H]3C2=O)cc1)NNC(=O)c1ccc(Cl)cc1. The van der Waals surface area contributed by atoms with Crippen molar-refractivity contribution in [3.63, 3.8) is 0 Å². The third-order valence-corrected chi connectivity index (χ3v) is 7.30. The monoisotopic (exact) mass is 495 g/mol. The molecule has 10 heteroatoms. The van der Waals surface area contributed by atoms with Crippen LogP contribution in [-0.4, -0.2) is 36.2 Å². The topological polar surface area (TPSA) is 122 Å². The molecule has 0 radical (unpaired) electrons. The Morgan fingerprint density at radius 1 is 0.857 bits per heavy atom. The molecule has 35 heavy (non-hydrogen) atoms. The molecule has 3 fully saturated rings. The summed E-state index contributed by atoms with van der Waals surface area (Å²) in [6, 6.07) is 12.0. The number of hydrogen-bond acceptors (Lipinski definition) is 6. The molecule has 3 aliphatic rings. The predicted octanol–water partition coefficient (Wildman–Crippen LogP) is 2.49. The van der Waals surface area contributed by atoms with E-state index < -0.39 is 24.4 Å². The van der Waals surface area contributed by atoms with E-state index in [4.69, 9.17) is 16.3 Å². The lowest BCUT2D eigenvalue weighted by molar-refractivity contribution is -0.125. The Morgan fingerprint density at radius 2 is 1.43 bits per heavy atom. The summed E-state index contributed by atoms with van der Waals surface area (Å²) in [7, 11) is 0. The fourth-order valence-corrected chi connectivity index (χ4v) is 5.59. The summed E-state index contributed by atoms with van der Waals surface area (Å²) >= 11 is 5.77. The number of fused-ring (bicyclic) bond motifs is 5. The van der Waals surface area contributed by atoms with E-state index in [9.17, 15) is 24.0 Å². The minimum absolute atomic E-state index is 0.153. The van der Waals surface area contributed by atoms with Crippen molar-refractivity contribution in [1.29, 1.82) is 0 Å². The number of ether oxygens (including phenoxy) is 1. The third-order valence-electron chi connectivity index (χ3n) is 7.04. The maximum absolute atomic E-state index is 12.9. The van der Waals surface area contributed by atoms with Gasteiger partial charge in [0.25, 0.3) is 11.8 Å². The summed E-state index contributed by atoms with van der Waals surface area (Å²) in [5.41, 5.74) is 5.25. The summed E-state index contributed by atoms with van der Waals surface area (Å²) < 4.78 is 4.98. The molecule has 9 nitrogen and oxygen atoms in total. The van der Waals surface area contributed by atoms with Crippen LogP contribution < -0.4 is 15.8 Å². The van der Waals surface area contributed by atoms with Gasteiger partial charge in [0.2, 0.25) is 11.8 Å². The molecule has 1 aliphatic heterocycles. The molecule has 0 aromatic heterocycles. The Labute approximate surface area is 205 Å². The van der Waals surface area contributed by atoms with Crippen molar-refractivity contribution in [2.24, 2.45) is 23.7 Å². The number of imide groups is 1. The smallest absolute Gasteiger partial charge is 0.338 e. The molecule has 2 saturated carbocycles. The molecular weight excluding hydrogens is 474 g/mol. The van der Waals surface area contributed by atoms with Crippen molar-refractivity contribution in [2.75, 3.05) is 11.5 Å². The van der Waals surface area contributed by atoms with Gasteiger partial charge < -0.3 is 4.74 Å².